The van der Waals surface area contributed by atoms with Crippen LogP contribution in [0, 0.1) is 0 Å². The first-order chi connectivity index (χ1) is 7.25. The van der Waals surface area contributed by atoms with E-state index in [1.807, 2.05) is 42.5 Å². The van der Waals surface area contributed by atoms with Crippen LogP contribution in [0.4, 0.5) is 0 Å². The zero-order valence-corrected chi connectivity index (χ0v) is 10.1. The highest BCUT2D eigenvalue weighted by Crippen LogP contribution is 2.29. The number of hydrogen-bond donors (Lipinski definition) is 0. The van der Waals surface area contributed by atoms with Gasteiger partial charge in [0.15, 0.2) is 0 Å². The monoisotopic (exact) mass is 282 g/mol. The highest BCUT2D eigenvalue weighted by Gasteiger charge is 2.00. The first kappa shape index (κ1) is 10.5. The Balaban J connectivity index is 2.22. The number of halogens is 2. The number of ether oxygens (including phenoxy) is 1. The zero-order valence-electron chi connectivity index (χ0n) is 7.78. The molecule has 0 bridgehead atoms. The average Bonchev–Trinajstić information content (AvgIpc) is 2.25. The van der Waals surface area contributed by atoms with Gasteiger partial charge in [-0.2, -0.15) is 0 Å². The Morgan fingerprint density at radius 3 is 2.33 bits per heavy atom. The zero-order chi connectivity index (χ0) is 10.7. The van der Waals surface area contributed by atoms with Crippen LogP contribution in [0.2, 0.25) is 5.02 Å². The minimum atomic E-state index is 0.676. The average molecular weight is 284 g/mol. The molecule has 2 aromatic rings. The Morgan fingerprint density at radius 2 is 1.67 bits per heavy atom. The van der Waals surface area contributed by atoms with Crippen LogP contribution >= 0.6 is 27.5 Å². The van der Waals surface area contributed by atoms with Crippen molar-refractivity contribution in [2.75, 3.05) is 0 Å². The van der Waals surface area contributed by atoms with Crippen molar-refractivity contribution in [3.63, 3.8) is 0 Å². The molecule has 0 radical (unpaired) electrons. The van der Waals surface area contributed by atoms with Crippen LogP contribution in [0.5, 0.6) is 11.5 Å². The largest absolute Gasteiger partial charge is 0.457 e. The van der Waals surface area contributed by atoms with Crippen LogP contribution in [0.15, 0.2) is 53.0 Å². The number of benzene rings is 2. The summed E-state index contributed by atoms with van der Waals surface area (Å²) in [7, 11) is 0. The molecule has 2 rings (SSSR count). The molecule has 15 heavy (non-hydrogen) atoms. The van der Waals surface area contributed by atoms with Crippen LogP contribution in [0.3, 0.4) is 0 Å². The highest BCUT2D eigenvalue weighted by atomic mass is 79.9. The van der Waals surface area contributed by atoms with Gasteiger partial charge in [-0.25, -0.2) is 0 Å². The maximum absolute atomic E-state index is 5.88. The van der Waals surface area contributed by atoms with Gasteiger partial charge >= 0.3 is 0 Å². The molecule has 0 N–H and O–H groups in total. The van der Waals surface area contributed by atoms with Gasteiger partial charge in [0, 0.05) is 4.47 Å². The molecule has 3 heteroatoms. The molecular weight excluding hydrogens is 275 g/mol. The number of hydrogen-bond acceptors (Lipinski definition) is 1. The second-order valence-electron chi connectivity index (χ2n) is 2.99. The Morgan fingerprint density at radius 1 is 0.933 bits per heavy atom. The summed E-state index contributed by atoms with van der Waals surface area (Å²) in [6.07, 6.45) is 0. The van der Waals surface area contributed by atoms with E-state index >= 15 is 0 Å². The minimum Gasteiger partial charge on any atom is -0.457 e. The Labute approximate surface area is 102 Å². The smallest absolute Gasteiger partial charge is 0.128 e. The van der Waals surface area contributed by atoms with Crippen LogP contribution in [-0.2, 0) is 0 Å². The van der Waals surface area contributed by atoms with Crippen molar-refractivity contribution in [3.8, 4) is 11.5 Å². The van der Waals surface area contributed by atoms with Crippen molar-refractivity contribution in [2.45, 2.75) is 0 Å². The molecule has 0 aromatic heterocycles. The van der Waals surface area contributed by atoms with E-state index in [4.69, 9.17) is 16.3 Å². The molecular formula is C12H8BrClO. The van der Waals surface area contributed by atoms with Crippen molar-refractivity contribution < 1.29 is 4.74 Å². The number of rotatable bonds is 2. The first-order valence-corrected chi connectivity index (χ1v) is 5.61. The Bertz CT molecular complexity index is 456. The van der Waals surface area contributed by atoms with E-state index in [2.05, 4.69) is 15.9 Å². The van der Waals surface area contributed by atoms with E-state index in [1.165, 1.54) is 0 Å². The maximum Gasteiger partial charge on any atom is 0.128 e. The van der Waals surface area contributed by atoms with E-state index in [1.54, 1.807) is 6.07 Å². The predicted octanol–water partition coefficient (Wildman–Crippen LogP) is 4.89. The number of para-hydroxylation sites is 1. The molecule has 2 aromatic carbocycles. The van der Waals surface area contributed by atoms with Crippen molar-refractivity contribution >= 4 is 27.5 Å². The molecule has 0 atom stereocenters. The molecule has 0 unspecified atom stereocenters. The van der Waals surface area contributed by atoms with Gasteiger partial charge in [0.05, 0.1) is 5.02 Å². The van der Waals surface area contributed by atoms with Gasteiger partial charge in [-0.1, -0.05) is 29.8 Å². The maximum atomic E-state index is 5.88. The van der Waals surface area contributed by atoms with Gasteiger partial charge in [-0.3, -0.25) is 0 Å². The van der Waals surface area contributed by atoms with E-state index in [9.17, 15) is 0 Å². The van der Waals surface area contributed by atoms with Gasteiger partial charge in [-0.15, -0.1) is 0 Å². The molecule has 0 spiro atoms. The van der Waals surface area contributed by atoms with E-state index < -0.39 is 0 Å². The fourth-order valence-electron chi connectivity index (χ4n) is 1.16. The van der Waals surface area contributed by atoms with Gasteiger partial charge in [-0.05, 0) is 46.3 Å². The van der Waals surface area contributed by atoms with E-state index in [-0.39, 0.29) is 0 Å². The lowest BCUT2D eigenvalue weighted by Gasteiger charge is -2.06. The lowest BCUT2D eigenvalue weighted by atomic mass is 10.3. The van der Waals surface area contributed by atoms with Gasteiger partial charge in [0.1, 0.15) is 11.5 Å². The second kappa shape index (κ2) is 4.69. The standard InChI is InChI=1S/C12H8BrClO/c13-11-8-10(6-7-12(11)14)15-9-4-2-1-3-5-9/h1-8H. The summed E-state index contributed by atoms with van der Waals surface area (Å²) in [4.78, 5) is 0. The quantitative estimate of drug-likeness (QED) is 0.762. The summed E-state index contributed by atoms with van der Waals surface area (Å²) in [6, 6.07) is 15.1. The van der Waals surface area contributed by atoms with Gasteiger partial charge < -0.3 is 4.74 Å². The van der Waals surface area contributed by atoms with Gasteiger partial charge in [0.25, 0.3) is 0 Å². The van der Waals surface area contributed by atoms with Crippen molar-refractivity contribution in [2.24, 2.45) is 0 Å². The molecule has 0 saturated heterocycles. The molecule has 76 valence electrons. The van der Waals surface area contributed by atoms with Crippen molar-refractivity contribution in [1.82, 2.24) is 0 Å². The van der Waals surface area contributed by atoms with Crippen LogP contribution in [-0.4, -0.2) is 0 Å². The highest BCUT2D eigenvalue weighted by molar-refractivity contribution is 9.10. The molecule has 0 aliphatic carbocycles. The minimum absolute atomic E-state index is 0.676. The van der Waals surface area contributed by atoms with Crippen LogP contribution in [0.1, 0.15) is 0 Å². The van der Waals surface area contributed by atoms with Crippen molar-refractivity contribution in [1.29, 1.82) is 0 Å². The van der Waals surface area contributed by atoms with Gasteiger partial charge in [0.2, 0.25) is 0 Å². The summed E-state index contributed by atoms with van der Waals surface area (Å²) in [5.74, 6) is 1.57. The van der Waals surface area contributed by atoms with E-state index in [0.717, 1.165) is 16.0 Å². The summed E-state index contributed by atoms with van der Waals surface area (Å²) in [5, 5.41) is 0.676. The SMILES string of the molecule is Clc1ccc(Oc2ccccc2)cc1Br. The Hall–Kier alpha value is -0.990. The lowest BCUT2D eigenvalue weighted by molar-refractivity contribution is 0.482. The molecule has 0 fully saturated rings. The fraction of sp³-hybridized carbons (Fsp3) is 0. The molecule has 0 heterocycles. The van der Waals surface area contributed by atoms with Crippen LogP contribution in [0.25, 0.3) is 0 Å². The fourth-order valence-corrected chi connectivity index (χ4v) is 1.64. The predicted molar refractivity (Wildman–Crippen MR) is 65.7 cm³/mol. The topological polar surface area (TPSA) is 9.23 Å². The summed E-state index contributed by atoms with van der Waals surface area (Å²) < 4.78 is 6.46. The second-order valence-corrected chi connectivity index (χ2v) is 4.25. The summed E-state index contributed by atoms with van der Waals surface area (Å²) >= 11 is 9.23. The Kier molecular flexibility index (Phi) is 3.29. The van der Waals surface area contributed by atoms with Crippen LogP contribution < -0.4 is 4.74 Å². The molecule has 0 amide bonds. The van der Waals surface area contributed by atoms with Crippen molar-refractivity contribution in [3.05, 3.63) is 58.0 Å². The molecule has 0 aliphatic heterocycles. The molecule has 1 nitrogen and oxygen atoms in total. The normalized spacial score (nSPS) is 10.0. The lowest BCUT2D eigenvalue weighted by Crippen LogP contribution is -1.83. The molecule has 0 saturated carbocycles. The third-order valence-electron chi connectivity index (χ3n) is 1.87. The third-order valence-corrected chi connectivity index (χ3v) is 3.08. The van der Waals surface area contributed by atoms with E-state index in [0.29, 0.717) is 5.02 Å². The first-order valence-electron chi connectivity index (χ1n) is 4.43. The summed E-state index contributed by atoms with van der Waals surface area (Å²) in [6.45, 7) is 0. The third kappa shape index (κ3) is 2.74. The summed E-state index contributed by atoms with van der Waals surface area (Å²) in [5.41, 5.74) is 0. The molecule has 0 aliphatic rings.